The summed E-state index contributed by atoms with van der Waals surface area (Å²) in [5, 5.41) is 11.0. The van der Waals surface area contributed by atoms with E-state index in [9.17, 15) is 4.79 Å². The SMILES string of the molecule is COc1ccc(C[C@@H]2CCCN2C(=O)N[C@@H](C)c2nncn2C)cc1. The first-order valence-corrected chi connectivity index (χ1v) is 8.62. The van der Waals surface area contributed by atoms with Gasteiger partial charge in [0.05, 0.1) is 13.2 Å². The van der Waals surface area contributed by atoms with E-state index in [1.807, 2.05) is 35.6 Å². The summed E-state index contributed by atoms with van der Waals surface area (Å²) >= 11 is 0. The third kappa shape index (κ3) is 3.92. The molecule has 1 fully saturated rings. The lowest BCUT2D eigenvalue weighted by atomic mass is 10.0. The van der Waals surface area contributed by atoms with Gasteiger partial charge >= 0.3 is 6.03 Å². The topological polar surface area (TPSA) is 72.3 Å². The summed E-state index contributed by atoms with van der Waals surface area (Å²) in [5.74, 6) is 1.60. The van der Waals surface area contributed by atoms with Crippen molar-refractivity contribution >= 4 is 6.03 Å². The summed E-state index contributed by atoms with van der Waals surface area (Å²) in [6.45, 7) is 2.72. The second-order valence-electron chi connectivity index (χ2n) is 6.51. The molecule has 1 aliphatic heterocycles. The molecule has 0 spiro atoms. The molecule has 2 atom stereocenters. The maximum Gasteiger partial charge on any atom is 0.318 e. The number of likely N-dealkylation sites (tertiary alicyclic amines) is 1. The first kappa shape index (κ1) is 17.3. The van der Waals surface area contributed by atoms with Crippen LogP contribution in [0.1, 0.15) is 37.2 Å². The van der Waals surface area contributed by atoms with Crippen LogP contribution in [0.25, 0.3) is 0 Å². The molecule has 1 N–H and O–H groups in total. The van der Waals surface area contributed by atoms with Gasteiger partial charge in [0.15, 0.2) is 5.82 Å². The van der Waals surface area contributed by atoms with Gasteiger partial charge in [-0.15, -0.1) is 10.2 Å². The van der Waals surface area contributed by atoms with Crippen molar-refractivity contribution in [1.82, 2.24) is 25.0 Å². The van der Waals surface area contributed by atoms with Crippen molar-refractivity contribution in [2.24, 2.45) is 7.05 Å². The zero-order chi connectivity index (χ0) is 17.8. The lowest BCUT2D eigenvalue weighted by molar-refractivity contribution is 0.188. The van der Waals surface area contributed by atoms with Gasteiger partial charge in [-0.2, -0.15) is 0 Å². The minimum absolute atomic E-state index is 0.0356. The first-order valence-electron chi connectivity index (χ1n) is 8.62. The maximum atomic E-state index is 12.7. The fraction of sp³-hybridized carbons (Fsp3) is 0.500. The molecule has 1 aromatic carbocycles. The standard InChI is InChI=1S/C18H25N5O2/c1-13(17-21-19-12-22(17)2)20-18(24)23-10-4-5-15(23)11-14-6-8-16(25-3)9-7-14/h6-9,12-13,15H,4-5,10-11H2,1-3H3,(H,20,24)/t13-,15-/m0/s1. The number of carbonyl (C=O) groups is 1. The Labute approximate surface area is 148 Å². The van der Waals surface area contributed by atoms with Gasteiger partial charge in [0.1, 0.15) is 12.1 Å². The van der Waals surface area contributed by atoms with Crippen molar-refractivity contribution in [3.63, 3.8) is 0 Å². The lowest BCUT2D eigenvalue weighted by Gasteiger charge is -2.26. The Morgan fingerprint density at radius 2 is 2.16 bits per heavy atom. The average molecular weight is 343 g/mol. The van der Waals surface area contributed by atoms with Crippen molar-refractivity contribution < 1.29 is 9.53 Å². The van der Waals surface area contributed by atoms with Crippen molar-refractivity contribution in [2.75, 3.05) is 13.7 Å². The minimum atomic E-state index is -0.178. The van der Waals surface area contributed by atoms with Crippen molar-refractivity contribution in [3.8, 4) is 5.75 Å². The van der Waals surface area contributed by atoms with E-state index in [1.165, 1.54) is 5.56 Å². The highest BCUT2D eigenvalue weighted by Gasteiger charge is 2.30. The number of carbonyl (C=O) groups excluding carboxylic acids is 1. The number of ether oxygens (including phenoxy) is 1. The van der Waals surface area contributed by atoms with Gasteiger partial charge in [0, 0.05) is 19.6 Å². The summed E-state index contributed by atoms with van der Waals surface area (Å²) < 4.78 is 7.02. The fourth-order valence-corrected chi connectivity index (χ4v) is 3.37. The smallest absolute Gasteiger partial charge is 0.318 e. The number of aryl methyl sites for hydroxylation is 1. The molecule has 1 aliphatic rings. The highest BCUT2D eigenvalue weighted by molar-refractivity contribution is 5.75. The van der Waals surface area contributed by atoms with E-state index in [4.69, 9.17) is 4.74 Å². The number of nitrogens with one attached hydrogen (secondary N) is 1. The summed E-state index contributed by atoms with van der Waals surface area (Å²) in [7, 11) is 3.54. The number of hydrogen-bond donors (Lipinski definition) is 1. The van der Waals surface area contributed by atoms with Crippen LogP contribution >= 0.6 is 0 Å². The molecule has 0 aliphatic carbocycles. The van der Waals surface area contributed by atoms with Crippen LogP contribution in [0.15, 0.2) is 30.6 Å². The zero-order valence-electron chi connectivity index (χ0n) is 15.0. The Morgan fingerprint density at radius 3 is 2.80 bits per heavy atom. The minimum Gasteiger partial charge on any atom is -0.497 e. The maximum absolute atomic E-state index is 12.7. The van der Waals surface area contributed by atoms with E-state index in [1.54, 1.807) is 13.4 Å². The molecule has 0 saturated carbocycles. The number of hydrogen-bond acceptors (Lipinski definition) is 4. The number of aromatic nitrogens is 3. The number of amides is 2. The van der Waals surface area contributed by atoms with Gasteiger partial charge in [-0.1, -0.05) is 12.1 Å². The number of nitrogens with zero attached hydrogens (tertiary/aromatic N) is 4. The van der Waals surface area contributed by atoms with Gasteiger partial charge in [-0.3, -0.25) is 0 Å². The number of rotatable bonds is 5. The number of methoxy groups -OCH3 is 1. The second-order valence-corrected chi connectivity index (χ2v) is 6.51. The Morgan fingerprint density at radius 1 is 1.40 bits per heavy atom. The molecule has 0 radical (unpaired) electrons. The van der Waals surface area contributed by atoms with Crippen molar-refractivity contribution in [3.05, 3.63) is 42.0 Å². The largest absolute Gasteiger partial charge is 0.497 e. The molecule has 2 aromatic rings. The van der Waals surface area contributed by atoms with Gasteiger partial charge in [0.25, 0.3) is 0 Å². The highest BCUT2D eigenvalue weighted by atomic mass is 16.5. The van der Waals surface area contributed by atoms with E-state index in [0.717, 1.165) is 37.4 Å². The molecule has 134 valence electrons. The molecule has 1 aromatic heterocycles. The summed E-state index contributed by atoms with van der Waals surface area (Å²) in [6.07, 6.45) is 4.56. The van der Waals surface area contributed by atoms with Crippen LogP contribution in [-0.4, -0.2) is 45.4 Å². The molecule has 3 rings (SSSR count). The van der Waals surface area contributed by atoms with Crippen LogP contribution in [0, 0.1) is 0 Å². The van der Waals surface area contributed by atoms with E-state index in [2.05, 4.69) is 27.6 Å². The fourth-order valence-electron chi connectivity index (χ4n) is 3.37. The second kappa shape index (κ2) is 7.55. The Hall–Kier alpha value is -2.57. The van der Waals surface area contributed by atoms with Crippen LogP contribution in [0.5, 0.6) is 5.75 Å². The van der Waals surface area contributed by atoms with Gasteiger partial charge in [-0.05, 0) is 43.9 Å². The summed E-state index contributed by atoms with van der Waals surface area (Å²) in [4.78, 5) is 14.6. The molecular formula is C18H25N5O2. The molecule has 0 bridgehead atoms. The normalized spacial score (nSPS) is 18.2. The van der Waals surface area contributed by atoms with E-state index < -0.39 is 0 Å². The Balaban J connectivity index is 1.62. The highest BCUT2D eigenvalue weighted by Crippen LogP contribution is 2.23. The third-order valence-electron chi connectivity index (χ3n) is 4.74. The zero-order valence-corrected chi connectivity index (χ0v) is 15.0. The van der Waals surface area contributed by atoms with E-state index in [-0.39, 0.29) is 18.1 Å². The van der Waals surface area contributed by atoms with Crippen molar-refractivity contribution in [2.45, 2.75) is 38.3 Å². The predicted molar refractivity (Wildman–Crippen MR) is 94.4 cm³/mol. The molecule has 7 heteroatoms. The van der Waals surface area contributed by atoms with Crippen LogP contribution in [0.4, 0.5) is 4.79 Å². The number of benzene rings is 1. The Bertz CT molecular complexity index is 713. The van der Waals surface area contributed by atoms with Crippen LogP contribution < -0.4 is 10.1 Å². The van der Waals surface area contributed by atoms with Gasteiger partial charge < -0.3 is 19.5 Å². The predicted octanol–water partition coefficient (Wildman–Crippen LogP) is 2.30. The Kier molecular flexibility index (Phi) is 5.21. The molecule has 2 amide bonds. The van der Waals surface area contributed by atoms with Gasteiger partial charge in [0.2, 0.25) is 0 Å². The molecular weight excluding hydrogens is 318 g/mol. The van der Waals surface area contributed by atoms with Crippen molar-refractivity contribution in [1.29, 1.82) is 0 Å². The molecule has 1 saturated heterocycles. The van der Waals surface area contributed by atoms with Gasteiger partial charge in [-0.25, -0.2) is 4.79 Å². The molecule has 25 heavy (non-hydrogen) atoms. The van der Waals surface area contributed by atoms with Crippen LogP contribution in [0.3, 0.4) is 0 Å². The number of urea groups is 1. The average Bonchev–Trinajstić information content (AvgIpc) is 3.24. The molecule has 0 unspecified atom stereocenters. The van der Waals surface area contributed by atoms with Crippen LogP contribution in [-0.2, 0) is 13.5 Å². The van der Waals surface area contributed by atoms with Crippen LogP contribution in [0.2, 0.25) is 0 Å². The monoisotopic (exact) mass is 343 g/mol. The first-order chi connectivity index (χ1) is 12.1. The quantitative estimate of drug-likeness (QED) is 0.904. The molecule has 2 heterocycles. The third-order valence-corrected chi connectivity index (χ3v) is 4.74. The van der Waals surface area contributed by atoms with E-state index in [0.29, 0.717) is 0 Å². The summed E-state index contributed by atoms with van der Waals surface area (Å²) in [5.41, 5.74) is 1.21. The van der Waals surface area contributed by atoms with E-state index >= 15 is 0 Å². The summed E-state index contributed by atoms with van der Waals surface area (Å²) in [6, 6.07) is 8.06. The lowest BCUT2D eigenvalue weighted by Crippen LogP contribution is -2.44. The molecule has 7 nitrogen and oxygen atoms in total.